The Hall–Kier alpha value is -1.33. The van der Waals surface area contributed by atoms with Gasteiger partial charge < -0.3 is 5.32 Å². The second-order valence-electron chi connectivity index (χ2n) is 4.69. The summed E-state index contributed by atoms with van der Waals surface area (Å²) < 4.78 is 27.4. The fourth-order valence-corrected chi connectivity index (χ4v) is 3.38. The van der Waals surface area contributed by atoms with E-state index in [4.69, 9.17) is 0 Å². The molecule has 1 aromatic heterocycles. The van der Waals surface area contributed by atoms with Gasteiger partial charge in [-0.2, -0.15) is 0 Å². The fraction of sp³-hybridized carbons (Fsp3) is 0.357. The highest BCUT2D eigenvalue weighted by atomic mass is 32.1. The van der Waals surface area contributed by atoms with Crippen LogP contribution >= 0.6 is 11.3 Å². The number of nitrogens with zero attached hydrogens (tertiary/aromatic N) is 1. The topological polar surface area (TPSA) is 24.9 Å². The summed E-state index contributed by atoms with van der Waals surface area (Å²) in [6.07, 6.45) is 2.07. The molecule has 2 nitrogen and oxygen atoms in total. The van der Waals surface area contributed by atoms with Crippen LogP contribution in [0.15, 0.2) is 23.6 Å². The van der Waals surface area contributed by atoms with Gasteiger partial charge in [0.2, 0.25) is 0 Å². The van der Waals surface area contributed by atoms with Crippen molar-refractivity contribution in [2.45, 2.75) is 18.8 Å². The van der Waals surface area contributed by atoms with E-state index in [0.29, 0.717) is 11.6 Å². The average molecular weight is 280 g/mol. The lowest BCUT2D eigenvalue weighted by atomic mass is 9.99. The third-order valence-electron chi connectivity index (χ3n) is 3.43. The van der Waals surface area contributed by atoms with E-state index in [2.05, 4.69) is 10.3 Å². The molecule has 5 heteroatoms. The minimum absolute atomic E-state index is 0.0149. The summed E-state index contributed by atoms with van der Waals surface area (Å²) in [6.45, 7) is 1.96. The number of piperidine rings is 1. The highest BCUT2D eigenvalue weighted by Gasteiger charge is 2.20. The van der Waals surface area contributed by atoms with Gasteiger partial charge in [0.25, 0.3) is 0 Å². The van der Waals surface area contributed by atoms with Gasteiger partial charge in [-0.1, -0.05) is 6.07 Å². The lowest BCUT2D eigenvalue weighted by Crippen LogP contribution is -2.26. The molecule has 1 N–H and O–H groups in total. The van der Waals surface area contributed by atoms with E-state index in [1.165, 1.54) is 29.5 Å². The summed E-state index contributed by atoms with van der Waals surface area (Å²) in [4.78, 5) is 4.44. The number of benzene rings is 1. The second-order valence-corrected chi connectivity index (χ2v) is 5.58. The molecule has 19 heavy (non-hydrogen) atoms. The van der Waals surface area contributed by atoms with Gasteiger partial charge in [-0.25, -0.2) is 13.8 Å². The smallest absolute Gasteiger partial charge is 0.135 e. The van der Waals surface area contributed by atoms with Crippen LogP contribution < -0.4 is 5.32 Å². The zero-order valence-corrected chi connectivity index (χ0v) is 11.1. The van der Waals surface area contributed by atoms with Crippen molar-refractivity contribution in [1.82, 2.24) is 10.3 Å². The molecular weight excluding hydrogens is 266 g/mol. The number of aromatic nitrogens is 1. The number of nitrogens with one attached hydrogen (secondary N) is 1. The fourth-order valence-electron chi connectivity index (χ4n) is 2.40. The molecule has 1 fully saturated rings. The molecule has 0 bridgehead atoms. The maximum atomic E-state index is 13.7. The van der Waals surface area contributed by atoms with Crippen molar-refractivity contribution in [3.8, 4) is 11.3 Å². The summed E-state index contributed by atoms with van der Waals surface area (Å²) in [5, 5.41) is 6.03. The third kappa shape index (κ3) is 2.53. The Bertz CT molecular complexity index is 556. The first-order valence-corrected chi connectivity index (χ1v) is 7.24. The summed E-state index contributed by atoms with van der Waals surface area (Å²) in [6, 6.07) is 3.90. The largest absolute Gasteiger partial charge is 0.317 e. The van der Waals surface area contributed by atoms with Gasteiger partial charge in [-0.3, -0.25) is 0 Å². The molecule has 0 unspecified atom stereocenters. The maximum Gasteiger partial charge on any atom is 0.135 e. The van der Waals surface area contributed by atoms with Gasteiger partial charge in [0, 0.05) is 11.3 Å². The van der Waals surface area contributed by atoms with Crippen LogP contribution in [0.3, 0.4) is 0 Å². The molecule has 0 spiro atoms. The minimum Gasteiger partial charge on any atom is -0.317 e. The standard InChI is InChI=1S/C14H14F2N2S/c15-10-2-1-3-11(16)13(10)12-8-19-14(18-12)9-4-6-17-7-5-9/h1-3,8-9,17H,4-7H2. The van der Waals surface area contributed by atoms with E-state index < -0.39 is 11.6 Å². The van der Waals surface area contributed by atoms with Gasteiger partial charge in [-0.15, -0.1) is 11.3 Å². The molecule has 1 aliphatic heterocycles. The van der Waals surface area contributed by atoms with Crippen LogP contribution in [0.25, 0.3) is 11.3 Å². The highest BCUT2D eigenvalue weighted by molar-refractivity contribution is 7.10. The van der Waals surface area contributed by atoms with Crippen molar-refractivity contribution in [2.75, 3.05) is 13.1 Å². The van der Waals surface area contributed by atoms with Crippen LogP contribution in [0.1, 0.15) is 23.8 Å². The Morgan fingerprint density at radius 2 is 1.84 bits per heavy atom. The summed E-state index contributed by atoms with van der Waals surface area (Å²) >= 11 is 1.50. The van der Waals surface area contributed by atoms with Crippen LogP contribution in [-0.2, 0) is 0 Å². The van der Waals surface area contributed by atoms with Crippen LogP contribution in [0, 0.1) is 11.6 Å². The van der Waals surface area contributed by atoms with E-state index in [1.54, 1.807) is 5.38 Å². The van der Waals surface area contributed by atoms with E-state index >= 15 is 0 Å². The number of rotatable bonds is 2. The summed E-state index contributed by atoms with van der Waals surface area (Å²) in [7, 11) is 0. The van der Waals surface area contributed by atoms with Crippen LogP contribution in [0.4, 0.5) is 8.78 Å². The predicted octanol–water partition coefficient (Wildman–Crippen LogP) is 3.56. The molecule has 0 saturated carbocycles. The van der Waals surface area contributed by atoms with Crippen molar-refractivity contribution in [3.05, 3.63) is 40.2 Å². The van der Waals surface area contributed by atoms with Crippen molar-refractivity contribution in [3.63, 3.8) is 0 Å². The number of hydrogen-bond acceptors (Lipinski definition) is 3. The average Bonchev–Trinajstić information content (AvgIpc) is 2.89. The number of hydrogen-bond donors (Lipinski definition) is 1. The van der Waals surface area contributed by atoms with Crippen LogP contribution in [0.5, 0.6) is 0 Å². The molecule has 0 atom stereocenters. The molecule has 2 heterocycles. The molecule has 0 radical (unpaired) electrons. The zero-order chi connectivity index (χ0) is 13.2. The predicted molar refractivity (Wildman–Crippen MR) is 72.3 cm³/mol. The highest BCUT2D eigenvalue weighted by Crippen LogP contribution is 2.33. The molecule has 1 aliphatic rings. The molecule has 1 aromatic carbocycles. The monoisotopic (exact) mass is 280 g/mol. The lowest BCUT2D eigenvalue weighted by molar-refractivity contribution is 0.459. The van der Waals surface area contributed by atoms with E-state index in [-0.39, 0.29) is 5.56 Å². The summed E-state index contributed by atoms with van der Waals surface area (Å²) in [5.74, 6) is -0.695. The third-order valence-corrected chi connectivity index (χ3v) is 4.44. The Morgan fingerprint density at radius 1 is 1.16 bits per heavy atom. The van der Waals surface area contributed by atoms with Gasteiger partial charge in [0.15, 0.2) is 0 Å². The minimum atomic E-state index is -0.554. The maximum absolute atomic E-state index is 13.7. The molecule has 0 amide bonds. The number of thiazole rings is 1. The number of halogens is 2. The van der Waals surface area contributed by atoms with E-state index in [1.807, 2.05) is 0 Å². The van der Waals surface area contributed by atoms with Gasteiger partial charge in [-0.05, 0) is 38.1 Å². The quantitative estimate of drug-likeness (QED) is 0.910. The molecule has 3 rings (SSSR count). The van der Waals surface area contributed by atoms with Crippen LogP contribution in [0.2, 0.25) is 0 Å². The van der Waals surface area contributed by atoms with Crippen molar-refractivity contribution >= 4 is 11.3 Å². The zero-order valence-electron chi connectivity index (χ0n) is 10.3. The van der Waals surface area contributed by atoms with Crippen molar-refractivity contribution in [2.24, 2.45) is 0 Å². The van der Waals surface area contributed by atoms with Crippen molar-refractivity contribution < 1.29 is 8.78 Å². The van der Waals surface area contributed by atoms with Gasteiger partial charge in [0.05, 0.1) is 16.3 Å². The molecule has 2 aromatic rings. The van der Waals surface area contributed by atoms with E-state index in [9.17, 15) is 8.78 Å². The summed E-state index contributed by atoms with van der Waals surface area (Å²) in [5.41, 5.74) is 0.396. The Labute approximate surface area is 114 Å². The second kappa shape index (κ2) is 5.35. The first kappa shape index (κ1) is 12.7. The molecule has 100 valence electrons. The molecular formula is C14H14F2N2S. The molecule has 0 aliphatic carbocycles. The Morgan fingerprint density at radius 3 is 2.53 bits per heavy atom. The van der Waals surface area contributed by atoms with Crippen molar-refractivity contribution in [1.29, 1.82) is 0 Å². The van der Waals surface area contributed by atoms with E-state index in [0.717, 1.165) is 30.9 Å². The Kier molecular flexibility index (Phi) is 3.57. The first-order chi connectivity index (χ1) is 9.25. The first-order valence-electron chi connectivity index (χ1n) is 6.36. The van der Waals surface area contributed by atoms with Gasteiger partial charge >= 0.3 is 0 Å². The normalized spacial score (nSPS) is 16.7. The molecule has 1 saturated heterocycles. The van der Waals surface area contributed by atoms with Crippen LogP contribution in [-0.4, -0.2) is 18.1 Å². The Balaban J connectivity index is 1.92. The lowest BCUT2D eigenvalue weighted by Gasteiger charge is -2.20. The van der Waals surface area contributed by atoms with Gasteiger partial charge in [0.1, 0.15) is 11.6 Å². The SMILES string of the molecule is Fc1cccc(F)c1-c1csc(C2CCNCC2)n1.